The van der Waals surface area contributed by atoms with Crippen molar-refractivity contribution in [2.24, 2.45) is 0 Å². The van der Waals surface area contributed by atoms with Crippen LogP contribution in [0.3, 0.4) is 0 Å². The lowest BCUT2D eigenvalue weighted by Crippen LogP contribution is -2.34. The summed E-state index contributed by atoms with van der Waals surface area (Å²) in [4.78, 5) is 13.6. The summed E-state index contributed by atoms with van der Waals surface area (Å²) < 4.78 is 5.48. The van der Waals surface area contributed by atoms with Crippen molar-refractivity contribution in [3.63, 3.8) is 0 Å². The first-order chi connectivity index (χ1) is 7.77. The summed E-state index contributed by atoms with van der Waals surface area (Å²) in [6, 6.07) is 0. The van der Waals surface area contributed by atoms with E-state index in [1.807, 2.05) is 0 Å². The molecule has 0 aromatic rings. The van der Waals surface area contributed by atoms with Crippen molar-refractivity contribution in [1.82, 2.24) is 4.90 Å². The zero-order chi connectivity index (χ0) is 11.8. The Morgan fingerprint density at radius 2 is 2.00 bits per heavy atom. The van der Waals surface area contributed by atoms with Crippen molar-refractivity contribution in [2.45, 2.75) is 31.8 Å². The largest absolute Gasteiger partial charge is 0.378 e. The van der Waals surface area contributed by atoms with Crippen LogP contribution in [0.25, 0.3) is 0 Å². The predicted octanol–water partition coefficient (Wildman–Crippen LogP) is 2.25. The first kappa shape index (κ1) is 14.1. The Hall–Kier alpha value is 0.01000. The molecule has 1 amide bonds. The first-order valence-electron chi connectivity index (χ1n) is 5.79. The van der Waals surface area contributed by atoms with Crippen molar-refractivity contribution in [2.75, 3.05) is 31.5 Å². The predicted molar refractivity (Wildman–Crippen MR) is 66.2 cm³/mol. The Labute approximate surface area is 107 Å². The van der Waals surface area contributed by atoms with E-state index in [2.05, 4.69) is 0 Å². The molecule has 1 fully saturated rings. The number of halogens is 2. The molecule has 5 heteroatoms. The molecule has 1 aliphatic rings. The minimum atomic E-state index is 0.136. The number of nitrogens with zero attached hydrogens (tertiary/aromatic N) is 1. The average molecular weight is 268 g/mol. The minimum absolute atomic E-state index is 0.136. The van der Waals surface area contributed by atoms with Gasteiger partial charge in [-0.1, -0.05) is 0 Å². The number of hydrogen-bond donors (Lipinski definition) is 0. The number of amides is 1. The van der Waals surface area contributed by atoms with Crippen LogP contribution in [0, 0.1) is 0 Å². The lowest BCUT2D eigenvalue weighted by atomic mass is 10.1. The van der Waals surface area contributed by atoms with E-state index in [1.54, 1.807) is 4.90 Å². The standard InChI is InChI=1S/C11H19Cl2NO2/c12-5-7-14(8-6-13)11(15)4-3-10-2-1-9-16-10/h10H,1-9H2. The Kier molecular flexibility index (Phi) is 7.17. The van der Waals surface area contributed by atoms with Crippen molar-refractivity contribution in [1.29, 1.82) is 0 Å². The van der Waals surface area contributed by atoms with Gasteiger partial charge in [0.05, 0.1) is 6.10 Å². The van der Waals surface area contributed by atoms with Gasteiger partial charge in [-0.05, 0) is 19.3 Å². The second-order valence-corrected chi connectivity index (χ2v) is 4.69. The molecule has 0 spiro atoms. The minimum Gasteiger partial charge on any atom is -0.378 e. The van der Waals surface area contributed by atoms with Crippen molar-refractivity contribution >= 4 is 29.1 Å². The lowest BCUT2D eigenvalue weighted by Gasteiger charge is -2.21. The maximum Gasteiger partial charge on any atom is 0.222 e. The highest BCUT2D eigenvalue weighted by molar-refractivity contribution is 6.18. The second-order valence-electron chi connectivity index (χ2n) is 3.93. The highest BCUT2D eigenvalue weighted by Crippen LogP contribution is 2.17. The first-order valence-corrected chi connectivity index (χ1v) is 6.86. The van der Waals surface area contributed by atoms with Gasteiger partial charge in [0, 0.05) is 37.9 Å². The van der Waals surface area contributed by atoms with Gasteiger partial charge in [-0.25, -0.2) is 0 Å². The van der Waals surface area contributed by atoms with Gasteiger partial charge in [-0.2, -0.15) is 0 Å². The Balaban J connectivity index is 2.24. The molecular weight excluding hydrogens is 249 g/mol. The summed E-state index contributed by atoms with van der Waals surface area (Å²) in [6.07, 6.45) is 3.83. The summed E-state index contributed by atoms with van der Waals surface area (Å²) in [5.74, 6) is 1.06. The third-order valence-electron chi connectivity index (χ3n) is 2.77. The summed E-state index contributed by atoms with van der Waals surface area (Å²) >= 11 is 11.3. The van der Waals surface area contributed by atoms with E-state index in [-0.39, 0.29) is 12.0 Å². The van der Waals surface area contributed by atoms with E-state index in [0.717, 1.165) is 25.9 Å². The third-order valence-corrected chi connectivity index (χ3v) is 3.10. The number of carbonyl (C=O) groups is 1. The maximum absolute atomic E-state index is 11.8. The van der Waals surface area contributed by atoms with Crippen LogP contribution in [0.1, 0.15) is 25.7 Å². The topological polar surface area (TPSA) is 29.5 Å². The molecular formula is C11H19Cl2NO2. The average Bonchev–Trinajstić information content (AvgIpc) is 2.78. The highest BCUT2D eigenvalue weighted by Gasteiger charge is 2.19. The zero-order valence-corrected chi connectivity index (χ0v) is 11.0. The molecule has 1 atom stereocenters. The van der Waals surface area contributed by atoms with Gasteiger partial charge in [0.2, 0.25) is 5.91 Å². The van der Waals surface area contributed by atoms with Gasteiger partial charge in [0.1, 0.15) is 0 Å². The van der Waals surface area contributed by atoms with E-state index in [0.29, 0.717) is 31.3 Å². The molecule has 0 bridgehead atoms. The zero-order valence-electron chi connectivity index (χ0n) is 9.46. The molecule has 1 saturated heterocycles. The molecule has 0 aromatic heterocycles. The smallest absolute Gasteiger partial charge is 0.222 e. The summed E-state index contributed by atoms with van der Waals surface area (Å²) in [5.41, 5.74) is 0. The quantitative estimate of drug-likeness (QED) is 0.663. The fourth-order valence-electron chi connectivity index (χ4n) is 1.88. The van der Waals surface area contributed by atoms with Crippen LogP contribution in [0.2, 0.25) is 0 Å². The summed E-state index contributed by atoms with van der Waals surface area (Å²) in [5, 5.41) is 0. The molecule has 0 radical (unpaired) electrons. The van der Waals surface area contributed by atoms with E-state index >= 15 is 0 Å². The third kappa shape index (κ3) is 4.89. The van der Waals surface area contributed by atoms with Crippen LogP contribution in [0.15, 0.2) is 0 Å². The van der Waals surface area contributed by atoms with Gasteiger partial charge in [0.25, 0.3) is 0 Å². The number of ether oxygens (including phenoxy) is 1. The van der Waals surface area contributed by atoms with Crippen molar-refractivity contribution < 1.29 is 9.53 Å². The number of carbonyl (C=O) groups excluding carboxylic acids is 1. The fourth-order valence-corrected chi connectivity index (χ4v) is 2.29. The SMILES string of the molecule is O=C(CCC1CCCO1)N(CCCl)CCCl. The van der Waals surface area contributed by atoms with Gasteiger partial charge in [-0.15, -0.1) is 23.2 Å². The van der Waals surface area contributed by atoms with Gasteiger partial charge in [0.15, 0.2) is 0 Å². The van der Waals surface area contributed by atoms with Crippen LogP contribution in [-0.4, -0.2) is 48.4 Å². The fraction of sp³-hybridized carbons (Fsp3) is 0.909. The van der Waals surface area contributed by atoms with Crippen LogP contribution in [0.5, 0.6) is 0 Å². The van der Waals surface area contributed by atoms with Crippen LogP contribution in [0.4, 0.5) is 0 Å². The van der Waals surface area contributed by atoms with Crippen molar-refractivity contribution in [3.05, 3.63) is 0 Å². The monoisotopic (exact) mass is 267 g/mol. The highest BCUT2D eigenvalue weighted by atomic mass is 35.5. The molecule has 0 aromatic carbocycles. The molecule has 1 unspecified atom stereocenters. The maximum atomic E-state index is 11.8. The molecule has 1 heterocycles. The van der Waals surface area contributed by atoms with Gasteiger partial charge >= 0.3 is 0 Å². The molecule has 0 saturated carbocycles. The van der Waals surface area contributed by atoms with Crippen LogP contribution < -0.4 is 0 Å². The van der Waals surface area contributed by atoms with E-state index in [1.165, 1.54) is 0 Å². The Morgan fingerprint density at radius 1 is 1.31 bits per heavy atom. The van der Waals surface area contributed by atoms with E-state index < -0.39 is 0 Å². The second kappa shape index (κ2) is 8.15. The Morgan fingerprint density at radius 3 is 2.50 bits per heavy atom. The molecule has 3 nitrogen and oxygen atoms in total. The van der Waals surface area contributed by atoms with Crippen LogP contribution >= 0.6 is 23.2 Å². The normalized spacial score (nSPS) is 20.0. The number of rotatable bonds is 7. The van der Waals surface area contributed by atoms with Crippen molar-refractivity contribution in [3.8, 4) is 0 Å². The molecule has 1 rings (SSSR count). The molecule has 1 aliphatic heterocycles. The van der Waals surface area contributed by atoms with Gasteiger partial charge in [-0.3, -0.25) is 4.79 Å². The molecule has 0 N–H and O–H groups in total. The number of hydrogen-bond acceptors (Lipinski definition) is 2. The molecule has 0 aliphatic carbocycles. The van der Waals surface area contributed by atoms with Crippen LogP contribution in [-0.2, 0) is 9.53 Å². The summed E-state index contributed by atoms with van der Waals surface area (Å²) in [7, 11) is 0. The number of alkyl halides is 2. The van der Waals surface area contributed by atoms with E-state index in [4.69, 9.17) is 27.9 Å². The molecule has 94 valence electrons. The molecule has 16 heavy (non-hydrogen) atoms. The van der Waals surface area contributed by atoms with Gasteiger partial charge < -0.3 is 9.64 Å². The Bertz CT molecular complexity index is 202. The summed E-state index contributed by atoms with van der Waals surface area (Å²) in [6.45, 7) is 2.00. The lowest BCUT2D eigenvalue weighted by molar-refractivity contribution is -0.131. The van der Waals surface area contributed by atoms with E-state index in [9.17, 15) is 4.79 Å².